The van der Waals surface area contributed by atoms with E-state index >= 15 is 0 Å². The fourth-order valence-electron chi connectivity index (χ4n) is 3.25. The number of carbonyl (C=O) groups excluding carboxylic acids is 3. The molecule has 0 saturated carbocycles. The predicted molar refractivity (Wildman–Crippen MR) is 122 cm³/mol. The number of fused-ring (bicyclic) bond motifs is 2. The Hall–Kier alpha value is -3.51. The van der Waals surface area contributed by atoms with Crippen molar-refractivity contribution in [2.45, 2.75) is 5.16 Å². The molecule has 0 atom stereocenters. The van der Waals surface area contributed by atoms with Crippen LogP contribution in [-0.2, 0) is 9.59 Å². The summed E-state index contributed by atoms with van der Waals surface area (Å²) >= 11 is 2.13. The molecule has 168 valence electrons. The van der Waals surface area contributed by atoms with Crippen molar-refractivity contribution < 1.29 is 23.9 Å². The first-order chi connectivity index (χ1) is 16.1. The average molecular weight is 484 g/mol. The molecule has 2 aliphatic heterocycles. The van der Waals surface area contributed by atoms with E-state index in [4.69, 9.17) is 9.47 Å². The van der Waals surface area contributed by atoms with E-state index in [9.17, 15) is 14.4 Å². The maximum absolute atomic E-state index is 12.7. The van der Waals surface area contributed by atoms with Gasteiger partial charge < -0.3 is 14.8 Å². The minimum absolute atomic E-state index is 0.0907. The van der Waals surface area contributed by atoms with E-state index in [1.165, 1.54) is 11.8 Å². The number of carbonyl (C=O) groups is 3. The lowest BCUT2D eigenvalue weighted by atomic mass is 10.2. The standard InChI is InChI=1S/C21H17N5O5S2/c27-18(11-32-20-24-23-17-3-1-2-7-25(17)20)22-6-8-26-19(28)16(33-21(26)29)10-13-4-5-14-15(9-13)31-12-30-14/h1-5,7,9-10H,6,8,11-12H2,(H,22,27). The number of amides is 3. The number of rotatable bonds is 7. The molecule has 3 amide bonds. The SMILES string of the molecule is O=C(CSc1nnc2ccccn12)NCCN1C(=O)SC(=Cc2ccc3c(c2)OCO3)C1=O. The van der Waals surface area contributed by atoms with Gasteiger partial charge in [-0.05, 0) is 47.7 Å². The number of ether oxygens (including phenoxy) is 2. The minimum Gasteiger partial charge on any atom is -0.454 e. The minimum atomic E-state index is -0.388. The number of aromatic nitrogens is 3. The number of hydrogen-bond donors (Lipinski definition) is 1. The van der Waals surface area contributed by atoms with Gasteiger partial charge in [-0.3, -0.25) is 23.7 Å². The Morgan fingerprint density at radius 3 is 2.97 bits per heavy atom. The zero-order chi connectivity index (χ0) is 22.8. The summed E-state index contributed by atoms with van der Waals surface area (Å²) in [6.45, 7) is 0.415. The average Bonchev–Trinajstić information content (AvgIpc) is 3.51. The predicted octanol–water partition coefficient (Wildman–Crippen LogP) is 2.40. The number of hydrogen-bond acceptors (Lipinski definition) is 9. The number of pyridine rings is 1. The van der Waals surface area contributed by atoms with Crippen LogP contribution >= 0.6 is 23.5 Å². The third-order valence-corrected chi connectivity index (χ3v) is 6.69. The molecule has 0 spiro atoms. The lowest BCUT2D eigenvalue weighted by Crippen LogP contribution is -2.37. The molecular weight excluding hydrogens is 466 g/mol. The smallest absolute Gasteiger partial charge is 0.293 e. The lowest BCUT2D eigenvalue weighted by molar-refractivity contribution is -0.123. The Morgan fingerprint density at radius 1 is 1.18 bits per heavy atom. The van der Waals surface area contributed by atoms with Crippen molar-refractivity contribution in [3.05, 3.63) is 53.1 Å². The zero-order valence-corrected chi connectivity index (χ0v) is 18.7. The monoisotopic (exact) mass is 483 g/mol. The van der Waals surface area contributed by atoms with Gasteiger partial charge in [0.15, 0.2) is 22.3 Å². The van der Waals surface area contributed by atoms with E-state index in [1.54, 1.807) is 28.7 Å². The van der Waals surface area contributed by atoms with Gasteiger partial charge in [0, 0.05) is 19.3 Å². The highest BCUT2D eigenvalue weighted by molar-refractivity contribution is 8.18. The molecule has 0 radical (unpaired) electrons. The molecule has 12 heteroatoms. The van der Waals surface area contributed by atoms with Crippen molar-refractivity contribution in [2.75, 3.05) is 25.6 Å². The largest absolute Gasteiger partial charge is 0.454 e. The fourth-order valence-corrected chi connectivity index (χ4v) is 4.87. The van der Waals surface area contributed by atoms with Crippen molar-refractivity contribution in [3.63, 3.8) is 0 Å². The van der Waals surface area contributed by atoms with Gasteiger partial charge in [-0.25, -0.2) is 0 Å². The molecule has 10 nitrogen and oxygen atoms in total. The summed E-state index contributed by atoms with van der Waals surface area (Å²) in [5.41, 5.74) is 1.43. The molecule has 0 aliphatic carbocycles. The fraction of sp³-hybridized carbons (Fsp3) is 0.190. The number of benzene rings is 1. The topological polar surface area (TPSA) is 115 Å². The summed E-state index contributed by atoms with van der Waals surface area (Å²) in [4.78, 5) is 38.6. The van der Waals surface area contributed by atoms with Crippen molar-refractivity contribution in [2.24, 2.45) is 0 Å². The molecule has 33 heavy (non-hydrogen) atoms. The molecule has 0 unspecified atom stereocenters. The second-order valence-corrected chi connectivity index (χ2v) is 8.93. The van der Waals surface area contributed by atoms with Crippen LogP contribution in [0.1, 0.15) is 5.56 Å². The molecule has 2 aromatic heterocycles. The third-order valence-electron chi connectivity index (χ3n) is 4.84. The third kappa shape index (κ3) is 4.52. The summed E-state index contributed by atoms with van der Waals surface area (Å²) < 4.78 is 12.4. The molecule has 2 aliphatic rings. The van der Waals surface area contributed by atoms with Crippen LogP contribution in [0, 0.1) is 0 Å². The van der Waals surface area contributed by atoms with Crippen LogP contribution in [0.2, 0.25) is 0 Å². The van der Waals surface area contributed by atoms with Crippen LogP contribution < -0.4 is 14.8 Å². The van der Waals surface area contributed by atoms with Crippen LogP contribution in [0.25, 0.3) is 11.7 Å². The van der Waals surface area contributed by atoms with Gasteiger partial charge in [-0.15, -0.1) is 10.2 Å². The molecule has 1 saturated heterocycles. The number of thioether (sulfide) groups is 2. The van der Waals surface area contributed by atoms with Crippen molar-refractivity contribution >= 4 is 52.3 Å². The van der Waals surface area contributed by atoms with Crippen LogP contribution in [0.5, 0.6) is 11.5 Å². The van der Waals surface area contributed by atoms with E-state index in [0.717, 1.165) is 22.2 Å². The van der Waals surface area contributed by atoms with Crippen LogP contribution in [0.15, 0.2) is 52.7 Å². The Balaban J connectivity index is 1.13. The molecule has 1 N–H and O–H groups in total. The first kappa shape index (κ1) is 21.3. The molecule has 1 fully saturated rings. The van der Waals surface area contributed by atoms with Gasteiger partial charge in [-0.1, -0.05) is 23.9 Å². The van der Waals surface area contributed by atoms with Crippen LogP contribution in [0.3, 0.4) is 0 Å². The normalized spacial score (nSPS) is 16.2. The van der Waals surface area contributed by atoms with Gasteiger partial charge >= 0.3 is 0 Å². The summed E-state index contributed by atoms with van der Waals surface area (Å²) in [5, 5.41) is 11.1. The number of nitrogens with one attached hydrogen (secondary N) is 1. The molecule has 0 bridgehead atoms. The van der Waals surface area contributed by atoms with Gasteiger partial charge in [0.2, 0.25) is 12.7 Å². The highest BCUT2D eigenvalue weighted by atomic mass is 32.2. The second-order valence-electron chi connectivity index (χ2n) is 7.00. The molecular formula is C21H17N5O5S2. The van der Waals surface area contributed by atoms with Gasteiger partial charge in [-0.2, -0.15) is 0 Å². The Morgan fingerprint density at radius 2 is 2.06 bits per heavy atom. The summed E-state index contributed by atoms with van der Waals surface area (Å²) in [5.74, 6) is 0.771. The molecule has 1 aromatic carbocycles. The number of imide groups is 1. The van der Waals surface area contributed by atoms with Gasteiger partial charge in [0.1, 0.15) is 0 Å². The van der Waals surface area contributed by atoms with Crippen LogP contribution in [-0.4, -0.2) is 62.2 Å². The Kier molecular flexibility index (Phi) is 5.92. The molecule has 3 aromatic rings. The molecule has 5 rings (SSSR count). The first-order valence-electron chi connectivity index (χ1n) is 9.93. The van der Waals surface area contributed by atoms with E-state index in [2.05, 4.69) is 15.5 Å². The number of nitrogens with zero attached hydrogens (tertiary/aromatic N) is 4. The van der Waals surface area contributed by atoms with E-state index in [1.807, 2.05) is 24.4 Å². The highest BCUT2D eigenvalue weighted by Crippen LogP contribution is 2.36. The lowest BCUT2D eigenvalue weighted by Gasteiger charge is -2.12. The van der Waals surface area contributed by atoms with Crippen molar-refractivity contribution in [1.29, 1.82) is 0 Å². The van der Waals surface area contributed by atoms with E-state index < -0.39 is 0 Å². The highest BCUT2D eigenvalue weighted by Gasteiger charge is 2.34. The van der Waals surface area contributed by atoms with Crippen molar-refractivity contribution in [3.8, 4) is 11.5 Å². The van der Waals surface area contributed by atoms with Gasteiger partial charge in [0.25, 0.3) is 11.1 Å². The van der Waals surface area contributed by atoms with Crippen LogP contribution in [0.4, 0.5) is 4.79 Å². The molecule has 4 heterocycles. The van der Waals surface area contributed by atoms with Gasteiger partial charge in [0.05, 0.1) is 10.7 Å². The van der Waals surface area contributed by atoms with Crippen molar-refractivity contribution in [1.82, 2.24) is 24.8 Å². The first-order valence-corrected chi connectivity index (χ1v) is 11.7. The summed E-state index contributed by atoms with van der Waals surface area (Å²) in [6.07, 6.45) is 3.47. The second kappa shape index (κ2) is 9.16. The Labute approximate surface area is 196 Å². The Bertz CT molecular complexity index is 1290. The maximum atomic E-state index is 12.7. The maximum Gasteiger partial charge on any atom is 0.293 e. The quantitative estimate of drug-likeness (QED) is 0.399. The van der Waals surface area contributed by atoms with E-state index in [-0.39, 0.29) is 42.7 Å². The summed E-state index contributed by atoms with van der Waals surface area (Å²) in [6, 6.07) is 10.9. The van der Waals surface area contributed by atoms with E-state index in [0.29, 0.717) is 27.2 Å². The summed E-state index contributed by atoms with van der Waals surface area (Å²) in [7, 11) is 0. The zero-order valence-electron chi connectivity index (χ0n) is 17.1.